The first-order valence-corrected chi connectivity index (χ1v) is 9.86. The van der Waals surface area contributed by atoms with Crippen molar-refractivity contribution in [2.45, 2.75) is 45.1 Å². The molecule has 0 fully saturated rings. The van der Waals surface area contributed by atoms with E-state index in [4.69, 9.17) is 0 Å². The summed E-state index contributed by atoms with van der Waals surface area (Å²) in [5.74, 6) is 0.00584. The molecule has 2 heterocycles. The molecule has 3 rings (SSSR count). The van der Waals surface area contributed by atoms with E-state index >= 15 is 0 Å². The molecule has 4 heteroatoms. The smallest absolute Gasteiger partial charge is 0.231 e. The average Bonchev–Trinajstić information content (AvgIpc) is 3.29. The standard InChI is InChI=1S/C23H28N2O2/c1-3-5-9-16-24(15-4-2)23(27)19-14-17-25-20(19)12-13-21(25)22(26)18-10-7-6-8-11-18/h4,6-8,10-13,19H,2-3,5,9,14-17H2,1H3. The van der Waals surface area contributed by atoms with Crippen molar-refractivity contribution >= 4 is 11.7 Å². The molecule has 1 unspecified atom stereocenters. The van der Waals surface area contributed by atoms with Gasteiger partial charge in [0.05, 0.1) is 11.6 Å². The first-order valence-electron chi connectivity index (χ1n) is 9.86. The first kappa shape index (κ1) is 19.2. The fourth-order valence-corrected chi connectivity index (χ4v) is 3.85. The minimum Gasteiger partial charge on any atom is -0.341 e. The van der Waals surface area contributed by atoms with Gasteiger partial charge in [0.15, 0.2) is 0 Å². The lowest BCUT2D eigenvalue weighted by Crippen LogP contribution is -2.35. The Bertz CT molecular complexity index is 807. The summed E-state index contributed by atoms with van der Waals surface area (Å²) in [5.41, 5.74) is 2.32. The number of carbonyl (C=O) groups excluding carboxylic acids is 2. The van der Waals surface area contributed by atoms with E-state index < -0.39 is 0 Å². The molecular weight excluding hydrogens is 336 g/mol. The molecule has 1 atom stereocenters. The molecule has 1 aromatic carbocycles. The second-order valence-corrected chi connectivity index (χ2v) is 7.11. The van der Waals surface area contributed by atoms with E-state index in [1.807, 2.05) is 51.9 Å². The fourth-order valence-electron chi connectivity index (χ4n) is 3.85. The summed E-state index contributed by atoms with van der Waals surface area (Å²) in [7, 11) is 0. The lowest BCUT2D eigenvalue weighted by Gasteiger charge is -2.24. The third-order valence-corrected chi connectivity index (χ3v) is 5.27. The highest BCUT2D eigenvalue weighted by Crippen LogP contribution is 2.33. The van der Waals surface area contributed by atoms with Crippen LogP contribution in [0, 0.1) is 0 Å². The minimum atomic E-state index is -0.163. The second-order valence-electron chi connectivity index (χ2n) is 7.11. The molecule has 0 saturated heterocycles. The first-order chi connectivity index (χ1) is 13.2. The van der Waals surface area contributed by atoms with E-state index in [1.165, 1.54) is 0 Å². The molecule has 0 N–H and O–H groups in total. The molecule has 1 aliphatic heterocycles. The summed E-state index contributed by atoms with van der Waals surface area (Å²) in [6, 6.07) is 13.1. The number of nitrogens with zero attached hydrogens (tertiary/aromatic N) is 2. The third-order valence-electron chi connectivity index (χ3n) is 5.27. The largest absolute Gasteiger partial charge is 0.341 e. The number of rotatable bonds is 9. The number of carbonyl (C=O) groups is 2. The van der Waals surface area contributed by atoms with Crippen LogP contribution in [-0.4, -0.2) is 34.2 Å². The summed E-state index contributed by atoms with van der Waals surface area (Å²) < 4.78 is 2.02. The van der Waals surface area contributed by atoms with Crippen molar-refractivity contribution in [3.8, 4) is 0 Å². The number of hydrogen-bond donors (Lipinski definition) is 0. The maximum atomic E-state index is 13.1. The van der Waals surface area contributed by atoms with Gasteiger partial charge in [0.25, 0.3) is 0 Å². The number of fused-ring (bicyclic) bond motifs is 1. The van der Waals surface area contributed by atoms with Crippen molar-refractivity contribution in [3.05, 3.63) is 72.1 Å². The summed E-state index contributed by atoms with van der Waals surface area (Å²) in [4.78, 5) is 27.9. The van der Waals surface area contributed by atoms with E-state index in [2.05, 4.69) is 13.5 Å². The zero-order chi connectivity index (χ0) is 19.2. The van der Waals surface area contributed by atoms with Crippen molar-refractivity contribution in [1.29, 1.82) is 0 Å². The third kappa shape index (κ3) is 4.05. The Kier molecular flexibility index (Phi) is 6.28. The Balaban J connectivity index is 1.78. The average molecular weight is 364 g/mol. The summed E-state index contributed by atoms with van der Waals surface area (Å²) in [5, 5.41) is 0. The van der Waals surface area contributed by atoms with Gasteiger partial charge in [-0.2, -0.15) is 0 Å². The van der Waals surface area contributed by atoms with E-state index in [1.54, 1.807) is 6.08 Å². The highest BCUT2D eigenvalue weighted by Gasteiger charge is 2.34. The van der Waals surface area contributed by atoms with Gasteiger partial charge in [-0.05, 0) is 25.0 Å². The molecule has 0 radical (unpaired) electrons. The second kappa shape index (κ2) is 8.85. The highest BCUT2D eigenvalue weighted by molar-refractivity contribution is 6.08. The Labute approximate surface area is 161 Å². The number of hydrogen-bond acceptors (Lipinski definition) is 2. The fraction of sp³-hybridized carbons (Fsp3) is 0.391. The van der Waals surface area contributed by atoms with Crippen LogP contribution in [0.15, 0.2) is 55.1 Å². The SMILES string of the molecule is C=CCN(CCCCC)C(=O)C1CCn2c(C(=O)c3ccccc3)ccc21. The van der Waals surface area contributed by atoms with Gasteiger partial charge in [-0.1, -0.05) is 56.2 Å². The predicted octanol–water partition coefficient (Wildman–Crippen LogP) is 4.41. The molecule has 142 valence electrons. The van der Waals surface area contributed by atoms with Gasteiger partial charge in [-0.3, -0.25) is 9.59 Å². The van der Waals surface area contributed by atoms with Crippen LogP contribution in [0.3, 0.4) is 0 Å². The van der Waals surface area contributed by atoms with Crippen molar-refractivity contribution in [2.24, 2.45) is 0 Å². The quantitative estimate of drug-likeness (QED) is 0.376. The Hall–Kier alpha value is -2.62. The maximum absolute atomic E-state index is 13.1. The van der Waals surface area contributed by atoms with Gasteiger partial charge in [0.2, 0.25) is 11.7 Å². The molecule has 27 heavy (non-hydrogen) atoms. The van der Waals surface area contributed by atoms with Crippen LogP contribution in [0.2, 0.25) is 0 Å². The van der Waals surface area contributed by atoms with Crippen LogP contribution in [0.1, 0.15) is 60.3 Å². The summed E-state index contributed by atoms with van der Waals surface area (Å²) in [6.07, 6.45) is 5.82. The monoisotopic (exact) mass is 364 g/mol. The number of amides is 1. The molecule has 4 nitrogen and oxygen atoms in total. The van der Waals surface area contributed by atoms with E-state index in [0.29, 0.717) is 24.3 Å². The normalized spacial score (nSPS) is 15.4. The van der Waals surface area contributed by atoms with Crippen molar-refractivity contribution in [2.75, 3.05) is 13.1 Å². The van der Waals surface area contributed by atoms with E-state index in [9.17, 15) is 9.59 Å². The number of ketones is 1. The molecule has 0 aliphatic carbocycles. The Morgan fingerprint density at radius 1 is 1.19 bits per heavy atom. The molecule has 0 spiro atoms. The predicted molar refractivity (Wildman–Crippen MR) is 108 cm³/mol. The number of aromatic nitrogens is 1. The molecule has 1 aromatic heterocycles. The van der Waals surface area contributed by atoms with Gasteiger partial charge in [-0.25, -0.2) is 0 Å². The van der Waals surface area contributed by atoms with Crippen LogP contribution in [0.25, 0.3) is 0 Å². The van der Waals surface area contributed by atoms with E-state index in [-0.39, 0.29) is 17.6 Å². The van der Waals surface area contributed by atoms with Crippen molar-refractivity contribution in [1.82, 2.24) is 9.47 Å². The summed E-state index contributed by atoms with van der Waals surface area (Å²) >= 11 is 0. The zero-order valence-electron chi connectivity index (χ0n) is 16.1. The van der Waals surface area contributed by atoms with E-state index in [0.717, 1.165) is 37.9 Å². The number of benzene rings is 1. The van der Waals surface area contributed by atoms with Gasteiger partial charge < -0.3 is 9.47 Å². The number of unbranched alkanes of at least 4 members (excludes halogenated alkanes) is 2. The molecule has 1 aliphatic rings. The van der Waals surface area contributed by atoms with Crippen LogP contribution in [-0.2, 0) is 11.3 Å². The lowest BCUT2D eigenvalue weighted by molar-refractivity contribution is -0.132. The minimum absolute atomic E-state index is 0.0147. The van der Waals surface area contributed by atoms with Crippen LogP contribution >= 0.6 is 0 Å². The van der Waals surface area contributed by atoms with Crippen LogP contribution in [0.4, 0.5) is 0 Å². The molecule has 1 amide bonds. The molecular formula is C23H28N2O2. The van der Waals surface area contributed by atoms with Crippen LogP contribution in [0.5, 0.6) is 0 Å². The van der Waals surface area contributed by atoms with Crippen LogP contribution < -0.4 is 0 Å². The molecule has 0 bridgehead atoms. The summed E-state index contributed by atoms with van der Waals surface area (Å²) in [6.45, 7) is 8.02. The van der Waals surface area contributed by atoms with Crippen molar-refractivity contribution in [3.63, 3.8) is 0 Å². The van der Waals surface area contributed by atoms with Gasteiger partial charge in [-0.15, -0.1) is 6.58 Å². The Morgan fingerprint density at radius 2 is 1.96 bits per heavy atom. The molecule has 2 aromatic rings. The lowest BCUT2D eigenvalue weighted by atomic mass is 10.0. The topological polar surface area (TPSA) is 42.3 Å². The van der Waals surface area contributed by atoms with Gasteiger partial charge in [0, 0.05) is 30.9 Å². The van der Waals surface area contributed by atoms with Gasteiger partial charge >= 0.3 is 0 Å². The Morgan fingerprint density at radius 3 is 2.67 bits per heavy atom. The van der Waals surface area contributed by atoms with Crippen molar-refractivity contribution < 1.29 is 9.59 Å². The van der Waals surface area contributed by atoms with Gasteiger partial charge in [0.1, 0.15) is 0 Å². The highest BCUT2D eigenvalue weighted by atomic mass is 16.2. The zero-order valence-corrected chi connectivity index (χ0v) is 16.1. The maximum Gasteiger partial charge on any atom is 0.231 e. The molecule has 0 saturated carbocycles.